The van der Waals surface area contributed by atoms with Crippen LogP contribution in [0.4, 0.5) is 0 Å². The van der Waals surface area contributed by atoms with Crippen molar-refractivity contribution in [2.75, 3.05) is 19.6 Å². The highest BCUT2D eigenvalue weighted by Gasteiger charge is 2.23. The molecule has 1 N–H and O–H groups in total. The number of nitrogens with zero attached hydrogens (tertiary/aromatic N) is 1. The van der Waals surface area contributed by atoms with Gasteiger partial charge in [-0.15, -0.1) is 12.4 Å². The van der Waals surface area contributed by atoms with Crippen LogP contribution in [0.3, 0.4) is 0 Å². The molecule has 3 nitrogen and oxygen atoms in total. The van der Waals surface area contributed by atoms with Gasteiger partial charge in [-0.2, -0.15) is 0 Å². The lowest BCUT2D eigenvalue weighted by atomic mass is 10.1. The number of hydrogen-bond donors (Lipinski definition) is 1. The molecular formula is C13H19ClN2O. The van der Waals surface area contributed by atoms with Crippen molar-refractivity contribution in [1.82, 2.24) is 10.2 Å². The van der Waals surface area contributed by atoms with Gasteiger partial charge < -0.3 is 10.2 Å². The predicted octanol–water partition coefficient (Wildman–Crippen LogP) is 1.85. The second-order valence-electron chi connectivity index (χ2n) is 4.42. The largest absolute Gasteiger partial charge is 0.333 e. The van der Waals surface area contributed by atoms with Crippen LogP contribution in [0.5, 0.6) is 0 Å². The first kappa shape index (κ1) is 14.0. The molecule has 1 saturated heterocycles. The molecule has 1 aromatic rings. The van der Waals surface area contributed by atoms with E-state index in [4.69, 9.17) is 0 Å². The minimum atomic E-state index is 0. The molecule has 2 rings (SSSR count). The standard InChI is InChI=1S/C13H18N2O.ClH/c1-10-4-3-5-12(8-10)13(16)15-7-6-14-9-11(15)2;/h3-5,8,11,14H,6-7,9H2,1-2H3;1H/t11-;/m0./s1. The first-order valence-corrected chi connectivity index (χ1v) is 5.77. The van der Waals surface area contributed by atoms with Gasteiger partial charge in [0.05, 0.1) is 0 Å². The Bertz CT molecular complexity index is 395. The highest BCUT2D eigenvalue weighted by atomic mass is 35.5. The summed E-state index contributed by atoms with van der Waals surface area (Å²) in [4.78, 5) is 14.2. The van der Waals surface area contributed by atoms with Gasteiger partial charge in [0.25, 0.3) is 5.91 Å². The van der Waals surface area contributed by atoms with Gasteiger partial charge in [0.15, 0.2) is 0 Å². The number of hydrogen-bond acceptors (Lipinski definition) is 2. The zero-order chi connectivity index (χ0) is 11.5. The van der Waals surface area contributed by atoms with Crippen LogP contribution < -0.4 is 5.32 Å². The van der Waals surface area contributed by atoms with Crippen molar-refractivity contribution in [1.29, 1.82) is 0 Å². The lowest BCUT2D eigenvalue weighted by Gasteiger charge is -2.34. The third kappa shape index (κ3) is 3.20. The lowest BCUT2D eigenvalue weighted by Crippen LogP contribution is -2.52. The SMILES string of the molecule is Cc1cccc(C(=O)N2CCNC[C@@H]2C)c1.Cl. The van der Waals surface area contributed by atoms with E-state index in [2.05, 4.69) is 12.2 Å². The summed E-state index contributed by atoms with van der Waals surface area (Å²) in [5, 5.41) is 3.29. The van der Waals surface area contributed by atoms with E-state index in [0.717, 1.165) is 30.8 Å². The van der Waals surface area contributed by atoms with E-state index in [1.807, 2.05) is 36.1 Å². The van der Waals surface area contributed by atoms with Gasteiger partial charge in [0.2, 0.25) is 0 Å². The third-order valence-corrected chi connectivity index (χ3v) is 3.03. The molecule has 1 aliphatic heterocycles. The lowest BCUT2D eigenvalue weighted by molar-refractivity contribution is 0.0655. The smallest absolute Gasteiger partial charge is 0.254 e. The number of amides is 1. The first-order valence-electron chi connectivity index (χ1n) is 5.77. The highest BCUT2D eigenvalue weighted by molar-refractivity contribution is 5.94. The van der Waals surface area contributed by atoms with Gasteiger partial charge in [-0.3, -0.25) is 4.79 Å². The topological polar surface area (TPSA) is 32.3 Å². The van der Waals surface area contributed by atoms with Crippen molar-refractivity contribution >= 4 is 18.3 Å². The Morgan fingerprint density at radius 1 is 1.47 bits per heavy atom. The Balaban J connectivity index is 0.00000144. The van der Waals surface area contributed by atoms with Crippen LogP contribution >= 0.6 is 12.4 Å². The van der Waals surface area contributed by atoms with Gasteiger partial charge >= 0.3 is 0 Å². The zero-order valence-corrected chi connectivity index (χ0v) is 11.1. The molecule has 0 aromatic heterocycles. The molecular weight excluding hydrogens is 236 g/mol. The summed E-state index contributed by atoms with van der Waals surface area (Å²) < 4.78 is 0. The Morgan fingerprint density at radius 2 is 2.24 bits per heavy atom. The van der Waals surface area contributed by atoms with Crippen molar-refractivity contribution in [3.8, 4) is 0 Å². The summed E-state index contributed by atoms with van der Waals surface area (Å²) in [6.07, 6.45) is 0. The molecule has 0 aliphatic carbocycles. The molecule has 1 aromatic carbocycles. The monoisotopic (exact) mass is 254 g/mol. The zero-order valence-electron chi connectivity index (χ0n) is 10.3. The van der Waals surface area contributed by atoms with E-state index in [0.29, 0.717) is 0 Å². The molecule has 0 bridgehead atoms. The van der Waals surface area contributed by atoms with Crippen LogP contribution in [-0.4, -0.2) is 36.5 Å². The minimum Gasteiger partial charge on any atom is -0.333 e. The molecule has 1 amide bonds. The van der Waals surface area contributed by atoms with Crippen LogP contribution in [-0.2, 0) is 0 Å². The fourth-order valence-corrected chi connectivity index (χ4v) is 2.09. The summed E-state index contributed by atoms with van der Waals surface area (Å²) in [5.41, 5.74) is 1.93. The summed E-state index contributed by atoms with van der Waals surface area (Å²) in [7, 11) is 0. The van der Waals surface area contributed by atoms with Crippen molar-refractivity contribution in [2.45, 2.75) is 19.9 Å². The van der Waals surface area contributed by atoms with E-state index in [1.54, 1.807) is 0 Å². The summed E-state index contributed by atoms with van der Waals surface area (Å²) in [5.74, 6) is 0.151. The average molecular weight is 255 g/mol. The Hall–Kier alpha value is -1.06. The maximum Gasteiger partial charge on any atom is 0.254 e. The molecule has 94 valence electrons. The minimum absolute atomic E-state index is 0. The number of carbonyl (C=O) groups is 1. The van der Waals surface area contributed by atoms with Crippen LogP contribution in [0.15, 0.2) is 24.3 Å². The second-order valence-corrected chi connectivity index (χ2v) is 4.42. The maximum absolute atomic E-state index is 12.3. The molecule has 0 unspecified atom stereocenters. The van der Waals surface area contributed by atoms with Gasteiger partial charge in [-0.05, 0) is 26.0 Å². The molecule has 1 fully saturated rings. The maximum atomic E-state index is 12.3. The van der Waals surface area contributed by atoms with Crippen molar-refractivity contribution in [2.24, 2.45) is 0 Å². The fourth-order valence-electron chi connectivity index (χ4n) is 2.09. The van der Waals surface area contributed by atoms with E-state index >= 15 is 0 Å². The number of aryl methyl sites for hydroxylation is 1. The van der Waals surface area contributed by atoms with Crippen LogP contribution in [0.2, 0.25) is 0 Å². The number of piperazine rings is 1. The van der Waals surface area contributed by atoms with Crippen molar-refractivity contribution in [3.05, 3.63) is 35.4 Å². The van der Waals surface area contributed by atoms with Gasteiger partial charge in [0.1, 0.15) is 0 Å². The molecule has 1 heterocycles. The molecule has 4 heteroatoms. The van der Waals surface area contributed by atoms with E-state index in [9.17, 15) is 4.79 Å². The van der Waals surface area contributed by atoms with Gasteiger partial charge in [0, 0.05) is 31.2 Å². The second kappa shape index (κ2) is 6.03. The number of benzene rings is 1. The molecule has 0 spiro atoms. The fraction of sp³-hybridized carbons (Fsp3) is 0.462. The van der Waals surface area contributed by atoms with Crippen molar-refractivity contribution in [3.63, 3.8) is 0 Å². The van der Waals surface area contributed by atoms with Crippen molar-refractivity contribution < 1.29 is 4.79 Å². The van der Waals surface area contributed by atoms with Gasteiger partial charge in [-0.25, -0.2) is 0 Å². The highest BCUT2D eigenvalue weighted by Crippen LogP contribution is 2.11. The van der Waals surface area contributed by atoms with E-state index in [1.165, 1.54) is 0 Å². The van der Waals surface area contributed by atoms with E-state index < -0.39 is 0 Å². The van der Waals surface area contributed by atoms with Crippen LogP contribution in [0, 0.1) is 6.92 Å². The summed E-state index contributed by atoms with van der Waals surface area (Å²) in [6.45, 7) is 6.67. The van der Waals surface area contributed by atoms with Crippen LogP contribution in [0.1, 0.15) is 22.8 Å². The molecule has 1 aliphatic rings. The Morgan fingerprint density at radius 3 is 2.88 bits per heavy atom. The molecule has 0 radical (unpaired) electrons. The summed E-state index contributed by atoms with van der Waals surface area (Å²) >= 11 is 0. The van der Waals surface area contributed by atoms with Gasteiger partial charge in [-0.1, -0.05) is 17.7 Å². The third-order valence-electron chi connectivity index (χ3n) is 3.03. The molecule has 1 atom stereocenters. The quantitative estimate of drug-likeness (QED) is 0.830. The predicted molar refractivity (Wildman–Crippen MR) is 71.8 cm³/mol. The normalized spacial score (nSPS) is 19.6. The first-order chi connectivity index (χ1) is 7.68. The van der Waals surface area contributed by atoms with E-state index in [-0.39, 0.29) is 24.4 Å². The number of rotatable bonds is 1. The average Bonchev–Trinajstić information content (AvgIpc) is 2.29. The number of carbonyl (C=O) groups excluding carboxylic acids is 1. The number of nitrogens with one attached hydrogen (secondary N) is 1. The van der Waals surface area contributed by atoms with Crippen LogP contribution in [0.25, 0.3) is 0 Å². The number of halogens is 1. The molecule has 0 saturated carbocycles. The molecule has 17 heavy (non-hydrogen) atoms. The Labute approximate surface area is 109 Å². The summed E-state index contributed by atoms with van der Waals surface area (Å²) in [6, 6.07) is 8.08. The Kier molecular flexibility index (Phi) is 4.97.